The molecule has 94 valence electrons. The van der Waals surface area contributed by atoms with Crippen LogP contribution in [0.15, 0.2) is 16.8 Å². The molecule has 0 saturated heterocycles. The minimum atomic E-state index is -2.21. The third-order valence-electron chi connectivity index (χ3n) is 2.16. The number of carboxylic acids is 2. The number of rotatable bonds is 6. The molecule has 0 aliphatic heterocycles. The third-order valence-corrected chi connectivity index (χ3v) is 2.89. The first-order valence-corrected chi connectivity index (χ1v) is 5.98. The van der Waals surface area contributed by atoms with Crippen molar-refractivity contribution >= 4 is 23.3 Å². The quantitative estimate of drug-likeness (QED) is 0.757. The first-order chi connectivity index (χ1) is 7.88. The number of ether oxygens (including phenoxy) is 1. The molecule has 0 fully saturated rings. The molecule has 5 nitrogen and oxygen atoms in total. The SMILES string of the molecule is CC(C)OC(Cc1ccsc1)(C(=O)O)C(=O)O. The van der Waals surface area contributed by atoms with E-state index in [1.54, 1.807) is 30.7 Å². The molecule has 1 heterocycles. The average molecular weight is 258 g/mol. The second-order valence-electron chi connectivity index (χ2n) is 3.91. The van der Waals surface area contributed by atoms with Crippen molar-refractivity contribution in [2.24, 2.45) is 0 Å². The molecule has 0 atom stereocenters. The summed E-state index contributed by atoms with van der Waals surface area (Å²) >= 11 is 1.38. The van der Waals surface area contributed by atoms with Crippen molar-refractivity contribution < 1.29 is 24.5 Å². The zero-order valence-electron chi connectivity index (χ0n) is 9.54. The van der Waals surface area contributed by atoms with Gasteiger partial charge < -0.3 is 14.9 Å². The van der Waals surface area contributed by atoms with E-state index < -0.39 is 23.6 Å². The van der Waals surface area contributed by atoms with Gasteiger partial charge >= 0.3 is 11.9 Å². The van der Waals surface area contributed by atoms with Gasteiger partial charge in [-0.25, -0.2) is 9.59 Å². The molecule has 0 saturated carbocycles. The lowest BCUT2D eigenvalue weighted by atomic mass is 9.95. The van der Waals surface area contributed by atoms with Gasteiger partial charge in [0.2, 0.25) is 0 Å². The smallest absolute Gasteiger partial charge is 0.348 e. The van der Waals surface area contributed by atoms with Crippen LogP contribution in [0.2, 0.25) is 0 Å². The Morgan fingerprint density at radius 2 is 2.00 bits per heavy atom. The van der Waals surface area contributed by atoms with Gasteiger partial charge in [-0.1, -0.05) is 0 Å². The maximum absolute atomic E-state index is 11.2. The van der Waals surface area contributed by atoms with E-state index in [1.165, 1.54) is 11.3 Å². The van der Waals surface area contributed by atoms with Crippen LogP contribution in [0.5, 0.6) is 0 Å². The van der Waals surface area contributed by atoms with Crippen molar-refractivity contribution in [3.05, 3.63) is 22.4 Å². The summed E-state index contributed by atoms with van der Waals surface area (Å²) < 4.78 is 5.14. The lowest BCUT2D eigenvalue weighted by Gasteiger charge is -2.27. The normalized spacial score (nSPS) is 11.7. The number of carboxylic acid groups (broad SMARTS) is 2. The van der Waals surface area contributed by atoms with E-state index >= 15 is 0 Å². The molecule has 17 heavy (non-hydrogen) atoms. The van der Waals surface area contributed by atoms with Crippen LogP contribution in [0.3, 0.4) is 0 Å². The van der Waals surface area contributed by atoms with Crippen LogP contribution in [-0.4, -0.2) is 33.9 Å². The van der Waals surface area contributed by atoms with Crippen molar-refractivity contribution in [3.8, 4) is 0 Å². The second-order valence-corrected chi connectivity index (χ2v) is 4.69. The van der Waals surface area contributed by atoms with Gasteiger partial charge in [-0.05, 0) is 36.2 Å². The molecule has 1 aromatic rings. The Labute approximate surface area is 103 Å². The van der Waals surface area contributed by atoms with Gasteiger partial charge in [0.25, 0.3) is 5.60 Å². The molecule has 0 bridgehead atoms. The van der Waals surface area contributed by atoms with Crippen molar-refractivity contribution in [2.45, 2.75) is 32.0 Å². The fraction of sp³-hybridized carbons (Fsp3) is 0.455. The summed E-state index contributed by atoms with van der Waals surface area (Å²) in [6.45, 7) is 3.21. The van der Waals surface area contributed by atoms with Gasteiger partial charge in [0.15, 0.2) is 0 Å². The van der Waals surface area contributed by atoms with Crippen LogP contribution in [0, 0.1) is 0 Å². The van der Waals surface area contributed by atoms with Gasteiger partial charge in [-0.15, -0.1) is 0 Å². The third kappa shape index (κ3) is 3.04. The first-order valence-electron chi connectivity index (χ1n) is 5.04. The summed E-state index contributed by atoms with van der Waals surface area (Å²) in [5.41, 5.74) is -1.57. The average Bonchev–Trinajstić information content (AvgIpc) is 2.67. The zero-order chi connectivity index (χ0) is 13.1. The fourth-order valence-electron chi connectivity index (χ4n) is 1.47. The van der Waals surface area contributed by atoms with Crippen molar-refractivity contribution in [1.29, 1.82) is 0 Å². The molecule has 0 radical (unpaired) electrons. The molecule has 0 spiro atoms. The summed E-state index contributed by atoms with van der Waals surface area (Å²) in [5.74, 6) is -2.96. The predicted octanol–water partition coefficient (Wildman–Crippen LogP) is 1.62. The molecular weight excluding hydrogens is 244 g/mol. The van der Waals surface area contributed by atoms with Gasteiger partial charge in [0.1, 0.15) is 0 Å². The van der Waals surface area contributed by atoms with Crippen molar-refractivity contribution in [2.75, 3.05) is 0 Å². The lowest BCUT2D eigenvalue weighted by Crippen LogP contribution is -2.52. The Bertz CT molecular complexity index is 382. The van der Waals surface area contributed by atoms with E-state index in [0.29, 0.717) is 5.56 Å². The zero-order valence-corrected chi connectivity index (χ0v) is 10.4. The van der Waals surface area contributed by atoms with Crippen LogP contribution >= 0.6 is 11.3 Å². The Morgan fingerprint density at radius 3 is 2.35 bits per heavy atom. The largest absolute Gasteiger partial charge is 0.479 e. The second kappa shape index (κ2) is 5.29. The van der Waals surface area contributed by atoms with E-state index in [9.17, 15) is 9.59 Å². The minimum absolute atomic E-state index is 0.181. The van der Waals surface area contributed by atoms with E-state index in [-0.39, 0.29) is 6.42 Å². The number of hydrogen-bond acceptors (Lipinski definition) is 4. The molecule has 0 unspecified atom stereocenters. The van der Waals surface area contributed by atoms with E-state index in [2.05, 4.69) is 0 Å². The van der Waals surface area contributed by atoms with E-state index in [4.69, 9.17) is 14.9 Å². The monoisotopic (exact) mass is 258 g/mol. The molecule has 0 aliphatic rings. The van der Waals surface area contributed by atoms with Crippen LogP contribution in [0.4, 0.5) is 0 Å². The number of aliphatic carboxylic acids is 2. The highest BCUT2D eigenvalue weighted by Crippen LogP contribution is 2.22. The molecule has 1 aromatic heterocycles. The van der Waals surface area contributed by atoms with Crippen LogP contribution in [0.25, 0.3) is 0 Å². The van der Waals surface area contributed by atoms with E-state index in [1.807, 2.05) is 0 Å². The number of carbonyl (C=O) groups is 2. The Morgan fingerprint density at radius 1 is 1.41 bits per heavy atom. The van der Waals surface area contributed by atoms with Crippen molar-refractivity contribution in [1.82, 2.24) is 0 Å². The van der Waals surface area contributed by atoms with Crippen LogP contribution < -0.4 is 0 Å². The molecule has 0 aromatic carbocycles. The van der Waals surface area contributed by atoms with Crippen LogP contribution in [0.1, 0.15) is 19.4 Å². The van der Waals surface area contributed by atoms with Gasteiger partial charge in [-0.2, -0.15) is 11.3 Å². The molecular formula is C11H14O5S. The van der Waals surface area contributed by atoms with E-state index in [0.717, 1.165) is 0 Å². The highest BCUT2D eigenvalue weighted by atomic mass is 32.1. The molecule has 1 rings (SSSR count). The summed E-state index contributed by atoms with van der Waals surface area (Å²) in [7, 11) is 0. The van der Waals surface area contributed by atoms with Gasteiger partial charge in [0.05, 0.1) is 6.10 Å². The highest BCUT2D eigenvalue weighted by Gasteiger charge is 2.49. The first kappa shape index (κ1) is 13.7. The molecule has 0 aliphatic carbocycles. The Hall–Kier alpha value is -1.40. The highest BCUT2D eigenvalue weighted by molar-refractivity contribution is 7.07. The van der Waals surface area contributed by atoms with Gasteiger partial charge in [-0.3, -0.25) is 0 Å². The topological polar surface area (TPSA) is 83.8 Å². The summed E-state index contributed by atoms with van der Waals surface area (Å²) in [6, 6.07) is 1.69. The Balaban J connectivity index is 3.06. The summed E-state index contributed by atoms with van der Waals surface area (Å²) in [5, 5.41) is 21.8. The fourth-order valence-corrected chi connectivity index (χ4v) is 2.14. The maximum Gasteiger partial charge on any atom is 0.348 e. The number of hydrogen-bond donors (Lipinski definition) is 2. The molecule has 2 N–H and O–H groups in total. The minimum Gasteiger partial charge on any atom is -0.479 e. The Kier molecular flexibility index (Phi) is 4.25. The molecule has 0 amide bonds. The molecule has 6 heteroatoms. The standard InChI is InChI=1S/C11H14O5S/c1-7(2)16-11(9(12)13,10(14)15)5-8-3-4-17-6-8/h3-4,6-7H,5H2,1-2H3,(H,12,13)(H,14,15). The maximum atomic E-state index is 11.2. The lowest BCUT2D eigenvalue weighted by molar-refractivity contribution is -0.188. The van der Waals surface area contributed by atoms with Crippen LogP contribution in [-0.2, 0) is 20.7 Å². The summed E-state index contributed by atoms with van der Waals surface area (Å²) in [6.07, 6.45) is -0.667. The van der Waals surface area contributed by atoms with Crippen molar-refractivity contribution in [3.63, 3.8) is 0 Å². The summed E-state index contributed by atoms with van der Waals surface area (Å²) in [4.78, 5) is 22.4. The van der Waals surface area contributed by atoms with Gasteiger partial charge in [0, 0.05) is 6.42 Å². The number of thiophene rings is 1. The predicted molar refractivity (Wildman–Crippen MR) is 62.2 cm³/mol.